The van der Waals surface area contributed by atoms with E-state index in [9.17, 15) is 4.39 Å². The molecule has 1 atom stereocenters. The summed E-state index contributed by atoms with van der Waals surface area (Å²) >= 11 is 0. The van der Waals surface area contributed by atoms with Gasteiger partial charge < -0.3 is 19.3 Å². The van der Waals surface area contributed by atoms with Crippen LogP contribution in [0.2, 0.25) is 0 Å². The van der Waals surface area contributed by atoms with Crippen LogP contribution in [0.1, 0.15) is 46.1 Å². The zero-order chi connectivity index (χ0) is 22.4. The first-order chi connectivity index (χ1) is 13.8. The minimum absolute atomic E-state index is 0.148. The molecular formula is C23H39FN2O3. The number of methoxy groups -OCH3 is 1. The number of aryl methyl sites for hydroxylation is 1. The maximum absolute atomic E-state index is 13.4. The van der Waals surface area contributed by atoms with Crippen LogP contribution in [0.3, 0.4) is 0 Å². The molecule has 5 nitrogen and oxygen atoms in total. The highest BCUT2D eigenvalue weighted by atomic mass is 19.1. The standard InChI is InChI=1S/C16H21FN2.C4H10.C2H4O2.CH4O/c1-3-19-11-12(9-14-5-4-8-18(14)2)15-7-6-13(17)10-16(15)19;1-4(2)3;1-4-2-3;1-2/h6-7,10-11,14H,3-5,8-9H2,1-2H3;4H,1-3H3;2H,1H3;2H,1H3. The Morgan fingerprint density at radius 3 is 2.34 bits per heavy atom. The van der Waals surface area contributed by atoms with Crippen molar-refractivity contribution in [2.45, 2.75) is 59.5 Å². The number of likely N-dealkylation sites (tertiary alicyclic amines) is 1. The van der Waals surface area contributed by atoms with Crippen LogP contribution in [0.15, 0.2) is 24.4 Å². The molecule has 0 bridgehead atoms. The summed E-state index contributed by atoms with van der Waals surface area (Å²) in [6, 6.07) is 5.80. The van der Waals surface area contributed by atoms with Gasteiger partial charge in [-0.15, -0.1) is 0 Å². The molecule has 0 spiro atoms. The Hall–Kier alpha value is -1.92. The Bertz CT molecular complexity index is 698. The van der Waals surface area contributed by atoms with Crippen LogP contribution >= 0.6 is 0 Å². The van der Waals surface area contributed by atoms with Gasteiger partial charge in [0.1, 0.15) is 5.82 Å². The van der Waals surface area contributed by atoms with E-state index in [-0.39, 0.29) is 5.82 Å². The van der Waals surface area contributed by atoms with Gasteiger partial charge in [0, 0.05) is 31.3 Å². The lowest BCUT2D eigenvalue weighted by Gasteiger charge is -2.18. The third-order valence-electron chi connectivity index (χ3n) is 4.49. The van der Waals surface area contributed by atoms with Gasteiger partial charge in [-0.25, -0.2) is 4.39 Å². The van der Waals surface area contributed by atoms with E-state index in [2.05, 4.69) is 55.1 Å². The van der Waals surface area contributed by atoms with Gasteiger partial charge in [0.05, 0.1) is 12.6 Å². The molecule has 0 saturated carbocycles. The van der Waals surface area contributed by atoms with Crippen LogP contribution in [-0.4, -0.2) is 54.9 Å². The van der Waals surface area contributed by atoms with Crippen molar-refractivity contribution in [1.82, 2.24) is 9.47 Å². The van der Waals surface area contributed by atoms with Gasteiger partial charge in [-0.3, -0.25) is 4.79 Å². The first-order valence-electron chi connectivity index (χ1n) is 10.2. The van der Waals surface area contributed by atoms with Crippen molar-refractivity contribution in [2.24, 2.45) is 5.92 Å². The summed E-state index contributed by atoms with van der Waals surface area (Å²) in [6.07, 6.45) is 5.85. The number of carbonyl (C=O) groups is 1. The zero-order valence-corrected chi connectivity index (χ0v) is 19.1. The second-order valence-electron chi connectivity index (χ2n) is 7.65. The van der Waals surface area contributed by atoms with Crippen molar-refractivity contribution in [3.05, 3.63) is 35.8 Å². The third kappa shape index (κ3) is 9.41. The van der Waals surface area contributed by atoms with Gasteiger partial charge in [0.25, 0.3) is 6.47 Å². The van der Waals surface area contributed by atoms with E-state index in [0.29, 0.717) is 12.5 Å². The van der Waals surface area contributed by atoms with Crippen LogP contribution in [0.25, 0.3) is 10.9 Å². The van der Waals surface area contributed by atoms with E-state index in [0.717, 1.165) is 31.5 Å². The number of fused-ring (bicyclic) bond motifs is 1. The summed E-state index contributed by atoms with van der Waals surface area (Å²) in [4.78, 5) is 11.4. The molecule has 1 aromatic carbocycles. The molecule has 2 heterocycles. The molecule has 1 N–H and O–H groups in total. The highest BCUT2D eigenvalue weighted by Gasteiger charge is 2.22. The maximum atomic E-state index is 13.4. The van der Waals surface area contributed by atoms with E-state index >= 15 is 0 Å². The van der Waals surface area contributed by atoms with Gasteiger partial charge in [0.15, 0.2) is 0 Å². The van der Waals surface area contributed by atoms with Crippen LogP contribution in [-0.2, 0) is 22.5 Å². The molecule has 1 fully saturated rings. The number of likely N-dealkylation sites (N-methyl/N-ethyl adjacent to an activating group) is 1. The predicted octanol–water partition coefficient (Wildman–Crippen LogP) is 4.50. The van der Waals surface area contributed by atoms with Crippen molar-refractivity contribution < 1.29 is 19.0 Å². The Morgan fingerprint density at radius 2 is 1.90 bits per heavy atom. The second-order valence-corrected chi connectivity index (χ2v) is 7.65. The van der Waals surface area contributed by atoms with E-state index in [1.165, 1.54) is 37.4 Å². The summed E-state index contributed by atoms with van der Waals surface area (Å²) in [5.74, 6) is 0.685. The van der Waals surface area contributed by atoms with Gasteiger partial charge in [0.2, 0.25) is 0 Å². The van der Waals surface area contributed by atoms with E-state index in [1.807, 2.05) is 6.07 Å². The molecule has 0 radical (unpaired) electrons. The molecule has 29 heavy (non-hydrogen) atoms. The fourth-order valence-corrected chi connectivity index (χ4v) is 3.26. The van der Waals surface area contributed by atoms with Crippen molar-refractivity contribution in [3.8, 4) is 0 Å². The van der Waals surface area contributed by atoms with Crippen LogP contribution in [0.5, 0.6) is 0 Å². The first kappa shape index (κ1) is 27.1. The molecule has 6 heteroatoms. The maximum Gasteiger partial charge on any atom is 0.292 e. The van der Waals surface area contributed by atoms with E-state index in [4.69, 9.17) is 9.90 Å². The first-order valence-corrected chi connectivity index (χ1v) is 10.2. The minimum Gasteiger partial charge on any atom is -0.471 e. The Balaban J connectivity index is 0.000000666. The zero-order valence-electron chi connectivity index (χ0n) is 19.1. The number of benzene rings is 1. The molecule has 1 saturated heterocycles. The molecule has 3 rings (SSSR count). The Labute approximate surface area is 175 Å². The molecule has 1 aromatic heterocycles. The smallest absolute Gasteiger partial charge is 0.292 e. The molecule has 2 aromatic rings. The fraction of sp³-hybridized carbons (Fsp3) is 0.609. The lowest BCUT2D eigenvalue weighted by molar-refractivity contribution is -0.126. The SMILES string of the molecule is CC(C)C.CCn1cc(CC2CCCN2C)c2ccc(F)cc21.CO.COC=O. The number of ether oxygens (including phenoxy) is 1. The number of carbonyl (C=O) groups excluding carboxylic acids is 1. The van der Waals surface area contributed by atoms with E-state index < -0.39 is 0 Å². The number of hydrogen-bond donors (Lipinski definition) is 1. The number of aromatic nitrogens is 1. The third-order valence-corrected chi connectivity index (χ3v) is 4.49. The van der Waals surface area contributed by atoms with Crippen molar-refractivity contribution >= 4 is 17.4 Å². The highest BCUT2D eigenvalue weighted by molar-refractivity contribution is 5.84. The van der Waals surface area contributed by atoms with Crippen LogP contribution < -0.4 is 0 Å². The van der Waals surface area contributed by atoms with Gasteiger partial charge in [-0.2, -0.15) is 0 Å². The molecule has 0 amide bonds. The lowest BCUT2D eigenvalue weighted by atomic mass is 10.0. The Morgan fingerprint density at radius 1 is 1.31 bits per heavy atom. The topological polar surface area (TPSA) is 54.7 Å². The number of nitrogens with zero attached hydrogens (tertiary/aromatic N) is 2. The number of hydrogen-bond acceptors (Lipinski definition) is 4. The quantitative estimate of drug-likeness (QED) is 0.754. The average Bonchev–Trinajstić information content (AvgIpc) is 3.26. The molecular weight excluding hydrogens is 371 g/mol. The van der Waals surface area contributed by atoms with Crippen LogP contribution in [0, 0.1) is 11.7 Å². The summed E-state index contributed by atoms with van der Waals surface area (Å²) in [5, 5.41) is 8.21. The van der Waals surface area contributed by atoms with Crippen molar-refractivity contribution in [1.29, 1.82) is 0 Å². The largest absolute Gasteiger partial charge is 0.471 e. The van der Waals surface area contributed by atoms with Gasteiger partial charge >= 0.3 is 0 Å². The summed E-state index contributed by atoms with van der Waals surface area (Å²) < 4.78 is 19.4. The predicted molar refractivity (Wildman–Crippen MR) is 119 cm³/mol. The highest BCUT2D eigenvalue weighted by Crippen LogP contribution is 2.27. The lowest BCUT2D eigenvalue weighted by Crippen LogP contribution is -2.26. The molecule has 0 aliphatic carbocycles. The average molecular weight is 411 g/mol. The summed E-state index contributed by atoms with van der Waals surface area (Å²) in [6.45, 7) is 11.1. The molecule has 166 valence electrons. The second kappa shape index (κ2) is 15.0. The van der Waals surface area contributed by atoms with Gasteiger partial charge in [-0.1, -0.05) is 20.8 Å². The molecule has 1 aliphatic heterocycles. The number of halogens is 1. The molecule has 1 aliphatic rings. The van der Waals surface area contributed by atoms with E-state index in [1.54, 1.807) is 12.1 Å². The summed E-state index contributed by atoms with van der Waals surface area (Å²) in [5.41, 5.74) is 2.38. The normalized spacial score (nSPS) is 15.6. The van der Waals surface area contributed by atoms with Gasteiger partial charge in [-0.05, 0) is 69.5 Å². The number of rotatable bonds is 4. The van der Waals surface area contributed by atoms with Crippen molar-refractivity contribution in [3.63, 3.8) is 0 Å². The number of aliphatic hydroxyl groups is 1. The number of aliphatic hydroxyl groups excluding tert-OH is 1. The fourth-order valence-electron chi connectivity index (χ4n) is 3.26. The Kier molecular flexibility index (Phi) is 14.0. The van der Waals surface area contributed by atoms with Crippen molar-refractivity contribution in [2.75, 3.05) is 27.8 Å². The summed E-state index contributed by atoms with van der Waals surface area (Å²) in [7, 11) is 4.52. The molecule has 1 unspecified atom stereocenters. The van der Waals surface area contributed by atoms with Crippen LogP contribution in [0.4, 0.5) is 4.39 Å². The minimum atomic E-state index is -0.148. The monoisotopic (exact) mass is 410 g/mol.